The molecule has 3 aliphatic rings. The van der Waals surface area contributed by atoms with E-state index in [4.69, 9.17) is 18.5 Å². The molecule has 0 spiro atoms. The minimum atomic E-state index is -4.51. The van der Waals surface area contributed by atoms with Crippen LogP contribution in [0.3, 0.4) is 0 Å². The molecule has 2 heterocycles. The summed E-state index contributed by atoms with van der Waals surface area (Å²) in [4.78, 5) is 25.4. The number of alkyl halides is 1. The van der Waals surface area contributed by atoms with Gasteiger partial charge in [0.2, 0.25) is 0 Å². The van der Waals surface area contributed by atoms with Crippen molar-refractivity contribution in [2.75, 3.05) is 6.61 Å². The van der Waals surface area contributed by atoms with Crippen molar-refractivity contribution in [2.45, 2.75) is 81.9 Å². The van der Waals surface area contributed by atoms with Gasteiger partial charge in [-0.3, -0.25) is 14.1 Å². The summed E-state index contributed by atoms with van der Waals surface area (Å²) in [6.45, 7) is 5.02. The van der Waals surface area contributed by atoms with Crippen LogP contribution in [0.15, 0.2) is 55.0 Å². The van der Waals surface area contributed by atoms with Crippen LogP contribution in [0, 0.1) is 0 Å². The van der Waals surface area contributed by atoms with Gasteiger partial charge in [-0.25, -0.2) is 8.96 Å². The lowest BCUT2D eigenvalue weighted by atomic mass is 9.95. The number of nitrogens with zero attached hydrogens (tertiary/aromatic N) is 1. The maximum atomic E-state index is 16.1. The first-order valence-corrected chi connectivity index (χ1v) is 14.6. The van der Waals surface area contributed by atoms with Crippen molar-refractivity contribution < 1.29 is 47.3 Å². The summed E-state index contributed by atoms with van der Waals surface area (Å²) in [6.07, 6.45) is 2.74. The van der Waals surface area contributed by atoms with Gasteiger partial charge in [0.15, 0.2) is 6.23 Å². The molecular weight excluding hydrogens is 548 g/mol. The highest BCUT2D eigenvalue weighted by Crippen LogP contribution is 2.49. The van der Waals surface area contributed by atoms with Crippen LogP contribution < -0.4 is 14.9 Å². The number of ether oxygens (including phenoxy) is 2. The number of carbonyl (C=O) groups is 2. The SMILES string of the molecule is C=C1NC(=O)C=CN1[C@@H]1O[C@](F)(CO[P@](=O)(NC(C)C(=O)OC2CCCCC2)Oc2ccccc2)[C@@H](O)[C@@]1(C)O. The van der Waals surface area contributed by atoms with Gasteiger partial charge in [0.1, 0.15) is 42.0 Å². The van der Waals surface area contributed by atoms with E-state index >= 15 is 4.39 Å². The van der Waals surface area contributed by atoms with E-state index in [2.05, 4.69) is 17.0 Å². The van der Waals surface area contributed by atoms with E-state index in [0.29, 0.717) is 0 Å². The van der Waals surface area contributed by atoms with Crippen molar-refractivity contribution in [3.8, 4) is 5.75 Å². The third-order valence-corrected chi connectivity index (χ3v) is 8.55. The Hall–Kier alpha value is -2.80. The molecule has 14 heteroatoms. The van der Waals surface area contributed by atoms with Crippen LogP contribution in [0.1, 0.15) is 46.0 Å². The van der Waals surface area contributed by atoms with Gasteiger partial charge >= 0.3 is 13.7 Å². The third-order valence-electron chi connectivity index (χ3n) is 6.93. The lowest BCUT2D eigenvalue weighted by Gasteiger charge is -2.36. The Morgan fingerprint density at radius 2 is 2.00 bits per heavy atom. The molecule has 2 fully saturated rings. The molecule has 4 N–H and O–H groups in total. The highest BCUT2D eigenvalue weighted by Gasteiger charge is 2.64. The summed E-state index contributed by atoms with van der Waals surface area (Å²) in [5.74, 6) is -4.19. The fraction of sp³-hybridized carbons (Fsp3) is 0.538. The van der Waals surface area contributed by atoms with Crippen molar-refractivity contribution in [1.82, 2.24) is 15.3 Å². The lowest BCUT2D eigenvalue weighted by Crippen LogP contribution is -2.54. The monoisotopic (exact) mass is 583 g/mol. The van der Waals surface area contributed by atoms with Crippen LogP contribution in [-0.4, -0.2) is 69.5 Å². The molecule has 1 aromatic carbocycles. The quantitative estimate of drug-likeness (QED) is 0.237. The van der Waals surface area contributed by atoms with Crippen molar-refractivity contribution in [1.29, 1.82) is 0 Å². The van der Waals surface area contributed by atoms with Gasteiger partial charge in [0.05, 0.1) is 0 Å². The molecule has 6 atom stereocenters. The van der Waals surface area contributed by atoms with Crippen LogP contribution in [0.2, 0.25) is 0 Å². The Balaban J connectivity index is 1.50. The number of amides is 1. The summed E-state index contributed by atoms with van der Waals surface area (Å²) in [6, 6.07) is 6.73. The smallest absolute Gasteiger partial charge is 0.459 e. The molecule has 1 unspecified atom stereocenters. The second-order valence-corrected chi connectivity index (χ2v) is 12.0. The van der Waals surface area contributed by atoms with Crippen LogP contribution in [0.4, 0.5) is 4.39 Å². The predicted octanol–water partition coefficient (Wildman–Crippen LogP) is 2.59. The number of benzene rings is 1. The third kappa shape index (κ3) is 6.73. The number of nitrogens with one attached hydrogen (secondary N) is 2. The highest BCUT2D eigenvalue weighted by atomic mass is 31.2. The van der Waals surface area contributed by atoms with Gasteiger partial charge < -0.3 is 34.4 Å². The van der Waals surface area contributed by atoms with Gasteiger partial charge in [-0.05, 0) is 51.7 Å². The van der Waals surface area contributed by atoms with E-state index in [9.17, 15) is 24.4 Å². The standard InChI is InChI=1S/C26H35FN3O9P/c1-17(22(32)37-19-10-6-4-7-11-19)29-40(35,39-20-12-8-5-9-13-20)36-16-26(27)23(33)25(3,34)24(38-26)30-15-14-21(31)28-18(30)2/h5,8-9,12-15,17,19,23-24,33-34H,2,4,6-7,10-11,16H2,1,3H3,(H,28,31)(H,29,35)/t17?,23-,24+,25+,26+,40+/m0/s1. The summed E-state index contributed by atoms with van der Waals surface area (Å²) in [5.41, 5.74) is -2.23. The summed E-state index contributed by atoms with van der Waals surface area (Å²) >= 11 is 0. The van der Waals surface area contributed by atoms with Crippen molar-refractivity contribution in [3.05, 3.63) is 55.0 Å². The van der Waals surface area contributed by atoms with E-state index in [1.165, 1.54) is 25.3 Å². The maximum Gasteiger partial charge on any atom is 0.459 e. The molecule has 220 valence electrons. The Bertz CT molecular complexity index is 1180. The number of hydrogen-bond donors (Lipinski definition) is 4. The molecule has 40 heavy (non-hydrogen) atoms. The van der Waals surface area contributed by atoms with E-state index in [1.54, 1.807) is 18.2 Å². The number of carbonyl (C=O) groups excluding carboxylic acids is 2. The molecule has 12 nitrogen and oxygen atoms in total. The van der Waals surface area contributed by atoms with Gasteiger partial charge in [-0.15, -0.1) is 0 Å². The van der Waals surface area contributed by atoms with E-state index in [0.717, 1.165) is 50.0 Å². The van der Waals surface area contributed by atoms with E-state index in [1.807, 2.05) is 0 Å². The number of aliphatic hydroxyl groups excluding tert-OH is 1. The Kier molecular flexibility index (Phi) is 9.03. The molecule has 1 amide bonds. The molecule has 1 aliphatic carbocycles. The minimum Gasteiger partial charge on any atom is -0.461 e. The molecule has 1 aromatic rings. The predicted molar refractivity (Wildman–Crippen MR) is 140 cm³/mol. The largest absolute Gasteiger partial charge is 0.461 e. The summed E-state index contributed by atoms with van der Waals surface area (Å²) in [5, 5.41) is 26.6. The lowest BCUT2D eigenvalue weighted by molar-refractivity contribution is -0.206. The van der Waals surface area contributed by atoms with Gasteiger partial charge in [-0.1, -0.05) is 31.2 Å². The fourth-order valence-electron chi connectivity index (χ4n) is 4.72. The summed E-state index contributed by atoms with van der Waals surface area (Å²) in [7, 11) is -4.51. The topological polar surface area (TPSA) is 156 Å². The highest BCUT2D eigenvalue weighted by molar-refractivity contribution is 7.52. The first-order valence-electron chi connectivity index (χ1n) is 13.0. The van der Waals surface area contributed by atoms with Crippen molar-refractivity contribution >= 4 is 19.6 Å². The maximum absolute atomic E-state index is 16.1. The van der Waals surface area contributed by atoms with Gasteiger partial charge in [0, 0.05) is 12.3 Å². The Morgan fingerprint density at radius 3 is 2.65 bits per heavy atom. The Morgan fingerprint density at radius 1 is 1.32 bits per heavy atom. The zero-order chi connectivity index (χ0) is 29.1. The molecule has 0 aromatic heterocycles. The summed E-state index contributed by atoms with van der Waals surface area (Å²) < 4.78 is 51.7. The number of halogens is 1. The molecule has 1 saturated heterocycles. The fourth-order valence-corrected chi connectivity index (χ4v) is 6.23. The number of esters is 1. The van der Waals surface area contributed by atoms with Gasteiger partial charge in [0.25, 0.3) is 11.8 Å². The zero-order valence-electron chi connectivity index (χ0n) is 22.3. The van der Waals surface area contributed by atoms with E-state index in [-0.39, 0.29) is 17.7 Å². The molecular formula is C26H35FN3O9P. The van der Waals surface area contributed by atoms with Crippen LogP contribution in [0.25, 0.3) is 0 Å². The zero-order valence-corrected chi connectivity index (χ0v) is 23.2. The first-order chi connectivity index (χ1) is 18.8. The minimum absolute atomic E-state index is 0.0276. The average molecular weight is 584 g/mol. The number of para-hydroxylation sites is 1. The normalized spacial score (nSPS) is 31.4. The van der Waals surface area contributed by atoms with Crippen molar-refractivity contribution in [2.24, 2.45) is 0 Å². The van der Waals surface area contributed by atoms with Crippen molar-refractivity contribution in [3.63, 3.8) is 0 Å². The first kappa shape index (κ1) is 30.2. The molecule has 0 bridgehead atoms. The number of hydrogen-bond acceptors (Lipinski definition) is 10. The van der Waals surface area contributed by atoms with Crippen LogP contribution >= 0.6 is 7.75 Å². The number of rotatable bonds is 10. The second kappa shape index (κ2) is 12.0. The molecule has 2 aliphatic heterocycles. The Labute approximate surface area is 231 Å². The van der Waals surface area contributed by atoms with E-state index < -0.39 is 56.1 Å². The number of aliphatic hydroxyl groups is 2. The second-order valence-electron chi connectivity index (χ2n) is 10.3. The molecule has 4 rings (SSSR count). The molecule has 1 saturated carbocycles. The average Bonchev–Trinajstić information content (AvgIpc) is 3.09. The van der Waals surface area contributed by atoms with Crippen LogP contribution in [-0.2, 0) is 28.2 Å². The molecule has 0 radical (unpaired) electrons. The van der Waals surface area contributed by atoms with Crippen LogP contribution in [0.5, 0.6) is 5.75 Å². The van der Waals surface area contributed by atoms with Gasteiger partial charge in [-0.2, -0.15) is 5.09 Å².